The summed E-state index contributed by atoms with van der Waals surface area (Å²) in [7, 11) is 0. The maximum atomic E-state index is 4.53. The molecule has 0 spiro atoms. The summed E-state index contributed by atoms with van der Waals surface area (Å²) in [6, 6.07) is 18.3. The van der Waals surface area contributed by atoms with Crippen molar-refractivity contribution in [3.05, 3.63) is 65.2 Å². The molecule has 2 aromatic heterocycles. The first-order chi connectivity index (χ1) is 11.7. The number of hydrogen-bond acceptors (Lipinski definition) is 5. The Labute approximate surface area is 143 Å². The third kappa shape index (κ3) is 2.61. The molecule has 4 rings (SSSR count). The summed E-state index contributed by atoms with van der Waals surface area (Å²) in [5.74, 6) is 0.597. The van der Waals surface area contributed by atoms with E-state index >= 15 is 0 Å². The first kappa shape index (κ1) is 14.7. The van der Waals surface area contributed by atoms with Crippen molar-refractivity contribution in [1.82, 2.24) is 25.2 Å². The fourth-order valence-corrected chi connectivity index (χ4v) is 3.30. The van der Waals surface area contributed by atoms with Crippen LogP contribution in [0.15, 0.2) is 54.6 Å². The van der Waals surface area contributed by atoms with Crippen LogP contribution in [0.1, 0.15) is 10.6 Å². The zero-order chi connectivity index (χ0) is 16.5. The molecule has 0 unspecified atom stereocenters. The van der Waals surface area contributed by atoms with E-state index in [1.807, 2.05) is 50.2 Å². The largest absolute Gasteiger partial charge is 0.232 e. The first-order valence-electron chi connectivity index (χ1n) is 7.61. The predicted octanol–water partition coefficient (Wildman–Crippen LogP) is 4.07. The van der Waals surface area contributed by atoms with Crippen LogP contribution in [0.25, 0.3) is 27.6 Å². The normalized spacial score (nSPS) is 10.9. The van der Waals surface area contributed by atoms with Crippen LogP contribution < -0.4 is 0 Å². The molecule has 4 aromatic rings. The van der Waals surface area contributed by atoms with Gasteiger partial charge in [0.2, 0.25) is 11.0 Å². The van der Waals surface area contributed by atoms with Gasteiger partial charge in [0.05, 0.1) is 5.69 Å². The Morgan fingerprint density at radius 2 is 1.58 bits per heavy atom. The Hall–Kier alpha value is -2.86. The third-order valence-corrected chi connectivity index (χ3v) is 4.89. The van der Waals surface area contributed by atoms with Gasteiger partial charge in [-0.15, -0.1) is 15.0 Å². The van der Waals surface area contributed by atoms with Gasteiger partial charge in [0.1, 0.15) is 0 Å². The zero-order valence-corrected chi connectivity index (χ0v) is 14.2. The fourth-order valence-electron chi connectivity index (χ4n) is 2.49. The van der Waals surface area contributed by atoms with Crippen molar-refractivity contribution in [2.75, 3.05) is 0 Å². The molecule has 0 fully saturated rings. The molecule has 0 saturated heterocycles. The van der Waals surface area contributed by atoms with E-state index in [1.165, 1.54) is 4.80 Å². The number of thiazole rings is 1. The molecule has 24 heavy (non-hydrogen) atoms. The Morgan fingerprint density at radius 3 is 2.29 bits per heavy atom. The monoisotopic (exact) mass is 333 g/mol. The summed E-state index contributed by atoms with van der Waals surface area (Å²) in [5, 5.41) is 13.7. The van der Waals surface area contributed by atoms with Gasteiger partial charge in [-0.1, -0.05) is 65.9 Å². The van der Waals surface area contributed by atoms with Crippen LogP contribution in [0.2, 0.25) is 0 Å². The van der Waals surface area contributed by atoms with Crippen molar-refractivity contribution in [3.63, 3.8) is 0 Å². The van der Waals surface area contributed by atoms with E-state index in [2.05, 4.69) is 38.6 Å². The minimum absolute atomic E-state index is 0.597. The zero-order valence-electron chi connectivity index (χ0n) is 13.3. The second-order valence-electron chi connectivity index (χ2n) is 5.45. The second-order valence-corrected chi connectivity index (χ2v) is 6.63. The van der Waals surface area contributed by atoms with Crippen molar-refractivity contribution in [1.29, 1.82) is 0 Å². The van der Waals surface area contributed by atoms with Crippen molar-refractivity contribution in [3.8, 4) is 27.6 Å². The molecule has 2 aromatic carbocycles. The molecule has 0 aliphatic rings. The second kappa shape index (κ2) is 5.98. The highest BCUT2D eigenvalue weighted by atomic mass is 32.1. The van der Waals surface area contributed by atoms with Gasteiger partial charge < -0.3 is 0 Å². The molecule has 0 saturated carbocycles. The van der Waals surface area contributed by atoms with Crippen LogP contribution in [0, 0.1) is 13.8 Å². The molecular formula is C18H15N5S. The van der Waals surface area contributed by atoms with Gasteiger partial charge in [0.15, 0.2) is 0 Å². The Kier molecular flexibility index (Phi) is 3.66. The summed E-state index contributed by atoms with van der Waals surface area (Å²) in [5.41, 5.74) is 4.17. The van der Waals surface area contributed by atoms with Crippen molar-refractivity contribution < 1.29 is 0 Å². The minimum atomic E-state index is 0.597. The quantitative estimate of drug-likeness (QED) is 0.567. The topological polar surface area (TPSA) is 56.5 Å². The number of rotatable bonds is 3. The van der Waals surface area contributed by atoms with Gasteiger partial charge in [-0.05, 0) is 30.2 Å². The van der Waals surface area contributed by atoms with E-state index in [9.17, 15) is 0 Å². The van der Waals surface area contributed by atoms with E-state index in [1.54, 1.807) is 11.3 Å². The van der Waals surface area contributed by atoms with Crippen LogP contribution in [-0.2, 0) is 0 Å². The summed E-state index contributed by atoms with van der Waals surface area (Å²) in [6.45, 7) is 4.02. The van der Waals surface area contributed by atoms with E-state index < -0.39 is 0 Å². The van der Waals surface area contributed by atoms with Gasteiger partial charge >= 0.3 is 0 Å². The Balaban J connectivity index is 1.78. The Bertz CT molecular complexity index is 968. The van der Waals surface area contributed by atoms with Crippen LogP contribution in [0.3, 0.4) is 0 Å². The van der Waals surface area contributed by atoms with Crippen LogP contribution in [0.4, 0.5) is 0 Å². The molecule has 0 N–H and O–H groups in total. The fraction of sp³-hybridized carbons (Fsp3) is 0.111. The smallest absolute Gasteiger partial charge is 0.222 e. The number of nitrogens with zero attached hydrogens (tertiary/aromatic N) is 5. The number of hydrogen-bond donors (Lipinski definition) is 0. The SMILES string of the molecule is Cc1nc(-n2nnc(-c3ccccc3-c3ccccc3)n2)sc1C. The molecular weight excluding hydrogens is 318 g/mol. The molecule has 0 atom stereocenters. The van der Waals surface area contributed by atoms with E-state index in [-0.39, 0.29) is 0 Å². The number of aryl methyl sites for hydroxylation is 2. The van der Waals surface area contributed by atoms with Crippen molar-refractivity contribution >= 4 is 11.3 Å². The molecule has 0 bridgehead atoms. The van der Waals surface area contributed by atoms with Crippen LogP contribution >= 0.6 is 11.3 Å². The maximum absolute atomic E-state index is 4.53. The summed E-state index contributed by atoms with van der Waals surface area (Å²) < 4.78 is 0. The molecule has 118 valence electrons. The van der Waals surface area contributed by atoms with E-state index in [4.69, 9.17) is 0 Å². The lowest BCUT2D eigenvalue weighted by Gasteiger charge is -2.05. The van der Waals surface area contributed by atoms with Crippen molar-refractivity contribution in [2.24, 2.45) is 0 Å². The predicted molar refractivity (Wildman–Crippen MR) is 95.2 cm³/mol. The average Bonchev–Trinajstić information content (AvgIpc) is 3.23. The molecule has 0 aliphatic carbocycles. The Morgan fingerprint density at radius 1 is 0.875 bits per heavy atom. The number of benzene rings is 2. The van der Waals surface area contributed by atoms with Gasteiger partial charge in [0.25, 0.3) is 0 Å². The van der Waals surface area contributed by atoms with E-state index in [0.717, 1.165) is 32.4 Å². The maximum Gasteiger partial charge on any atom is 0.232 e. The molecule has 6 heteroatoms. The standard InChI is InChI=1S/C18H15N5S/c1-12-13(2)24-18(19-12)23-21-17(20-22-23)16-11-7-6-10-15(16)14-8-4-3-5-9-14/h3-11H,1-2H3. The molecule has 0 amide bonds. The van der Waals surface area contributed by atoms with Gasteiger partial charge in [0, 0.05) is 10.4 Å². The highest BCUT2D eigenvalue weighted by Gasteiger charge is 2.14. The molecule has 0 aliphatic heterocycles. The number of tetrazole rings is 1. The lowest BCUT2D eigenvalue weighted by Crippen LogP contribution is -1.98. The highest BCUT2D eigenvalue weighted by molar-refractivity contribution is 7.14. The highest BCUT2D eigenvalue weighted by Crippen LogP contribution is 2.29. The molecule has 0 radical (unpaired) electrons. The summed E-state index contributed by atoms with van der Waals surface area (Å²) in [4.78, 5) is 7.15. The number of aromatic nitrogens is 5. The lowest BCUT2D eigenvalue weighted by atomic mass is 9.99. The van der Waals surface area contributed by atoms with Crippen LogP contribution in [-0.4, -0.2) is 25.2 Å². The molecule has 2 heterocycles. The van der Waals surface area contributed by atoms with Crippen molar-refractivity contribution in [2.45, 2.75) is 13.8 Å². The summed E-state index contributed by atoms with van der Waals surface area (Å²) in [6.07, 6.45) is 0. The van der Waals surface area contributed by atoms with Gasteiger partial charge in [-0.25, -0.2) is 4.98 Å². The van der Waals surface area contributed by atoms with E-state index in [0.29, 0.717) is 5.82 Å². The first-order valence-corrected chi connectivity index (χ1v) is 8.43. The summed E-state index contributed by atoms with van der Waals surface area (Å²) >= 11 is 1.56. The van der Waals surface area contributed by atoms with Gasteiger partial charge in [-0.2, -0.15) is 0 Å². The minimum Gasteiger partial charge on any atom is -0.222 e. The average molecular weight is 333 g/mol. The lowest BCUT2D eigenvalue weighted by molar-refractivity contribution is 0.713. The molecule has 5 nitrogen and oxygen atoms in total. The van der Waals surface area contributed by atoms with Gasteiger partial charge in [-0.3, -0.25) is 0 Å². The third-order valence-electron chi connectivity index (χ3n) is 3.85. The van der Waals surface area contributed by atoms with Crippen LogP contribution in [0.5, 0.6) is 0 Å².